The molecule has 1 atom stereocenters. The van der Waals surface area contributed by atoms with Gasteiger partial charge in [0.2, 0.25) is 5.95 Å². The normalized spacial score (nSPS) is 19.9. The third-order valence-corrected chi connectivity index (χ3v) is 2.25. The average Bonchev–Trinajstić information content (AvgIpc) is 2.47. The summed E-state index contributed by atoms with van der Waals surface area (Å²) in [6.45, 7) is 2.91. The van der Waals surface area contributed by atoms with E-state index in [1.54, 1.807) is 4.68 Å². The maximum absolute atomic E-state index is 10.5. The van der Waals surface area contributed by atoms with Crippen molar-refractivity contribution in [3.05, 3.63) is 5.82 Å². The minimum absolute atomic E-state index is 0.117. The molecule has 1 aromatic rings. The monoisotopic (exact) mass is 196 g/mol. The van der Waals surface area contributed by atoms with Crippen molar-refractivity contribution in [3.63, 3.8) is 0 Å². The summed E-state index contributed by atoms with van der Waals surface area (Å²) in [5.41, 5.74) is 0. The van der Waals surface area contributed by atoms with Crippen LogP contribution in [0.2, 0.25) is 0 Å². The Kier molecular flexibility index (Phi) is 2.11. The number of carboxylic acid groups (broad SMARTS) is 1. The number of nitrogens with zero attached hydrogens (tertiary/aromatic N) is 3. The summed E-state index contributed by atoms with van der Waals surface area (Å²) >= 11 is 0. The van der Waals surface area contributed by atoms with Crippen molar-refractivity contribution in [2.45, 2.75) is 25.8 Å². The average molecular weight is 196 g/mol. The number of nitrogens with one attached hydrogen (secondary N) is 1. The Balaban J connectivity index is 2.26. The maximum Gasteiger partial charge on any atom is 0.311 e. The van der Waals surface area contributed by atoms with Gasteiger partial charge in [-0.05, 0) is 13.3 Å². The molecule has 2 N–H and O–H groups in total. The Hall–Kier alpha value is -1.59. The summed E-state index contributed by atoms with van der Waals surface area (Å²) in [5, 5.41) is 15.8. The van der Waals surface area contributed by atoms with Gasteiger partial charge in [-0.3, -0.25) is 4.79 Å². The predicted molar refractivity (Wildman–Crippen MR) is 49.2 cm³/mol. The van der Waals surface area contributed by atoms with Crippen LogP contribution in [-0.4, -0.2) is 32.4 Å². The van der Waals surface area contributed by atoms with Crippen molar-refractivity contribution < 1.29 is 9.90 Å². The lowest BCUT2D eigenvalue weighted by molar-refractivity contribution is -0.136. The summed E-state index contributed by atoms with van der Waals surface area (Å²) in [6.07, 6.45) is 0.872. The number of rotatable bonds is 2. The van der Waals surface area contributed by atoms with E-state index in [1.807, 2.05) is 6.92 Å². The molecule has 0 aromatic carbocycles. The highest BCUT2D eigenvalue weighted by atomic mass is 16.4. The van der Waals surface area contributed by atoms with Gasteiger partial charge in [-0.15, -0.1) is 0 Å². The molecule has 2 rings (SSSR count). The lowest BCUT2D eigenvalue weighted by atomic mass is 10.2. The first kappa shape index (κ1) is 8.98. The minimum Gasteiger partial charge on any atom is -0.481 e. The molecular formula is C8H12N4O2. The van der Waals surface area contributed by atoms with E-state index in [-0.39, 0.29) is 6.42 Å². The molecule has 0 bridgehead atoms. The van der Waals surface area contributed by atoms with Gasteiger partial charge >= 0.3 is 5.97 Å². The quantitative estimate of drug-likeness (QED) is 0.710. The van der Waals surface area contributed by atoms with Gasteiger partial charge in [0, 0.05) is 6.54 Å². The zero-order valence-corrected chi connectivity index (χ0v) is 7.90. The summed E-state index contributed by atoms with van der Waals surface area (Å²) in [6, 6.07) is 0.293. The van der Waals surface area contributed by atoms with Crippen LogP contribution >= 0.6 is 0 Å². The van der Waals surface area contributed by atoms with Crippen LogP contribution in [-0.2, 0) is 11.2 Å². The Bertz CT molecular complexity index is 360. The molecule has 1 aliphatic heterocycles. The number of aromatic nitrogens is 3. The predicted octanol–water partition coefficient (Wildman–Crippen LogP) is 0.282. The van der Waals surface area contributed by atoms with Crippen molar-refractivity contribution in [2.75, 3.05) is 11.9 Å². The maximum atomic E-state index is 10.5. The van der Waals surface area contributed by atoms with Gasteiger partial charge in [0.25, 0.3) is 0 Å². The van der Waals surface area contributed by atoms with Crippen molar-refractivity contribution >= 4 is 11.9 Å². The molecule has 1 aliphatic rings. The number of hydrogen-bond acceptors (Lipinski definition) is 4. The highest BCUT2D eigenvalue weighted by Gasteiger charge is 2.19. The van der Waals surface area contributed by atoms with Gasteiger partial charge in [-0.25, -0.2) is 4.68 Å². The molecule has 0 fully saturated rings. The zero-order valence-electron chi connectivity index (χ0n) is 7.90. The second-order valence-corrected chi connectivity index (χ2v) is 3.43. The van der Waals surface area contributed by atoms with Crippen LogP contribution in [0.3, 0.4) is 0 Å². The first-order valence-corrected chi connectivity index (χ1v) is 4.58. The summed E-state index contributed by atoms with van der Waals surface area (Å²) in [4.78, 5) is 14.6. The third kappa shape index (κ3) is 1.55. The van der Waals surface area contributed by atoms with Crippen LogP contribution < -0.4 is 5.32 Å². The molecule has 14 heavy (non-hydrogen) atoms. The molecule has 0 spiro atoms. The van der Waals surface area contributed by atoms with E-state index in [2.05, 4.69) is 15.4 Å². The van der Waals surface area contributed by atoms with Gasteiger partial charge in [-0.1, -0.05) is 0 Å². The third-order valence-electron chi connectivity index (χ3n) is 2.25. The highest BCUT2D eigenvalue weighted by molar-refractivity contribution is 5.69. The molecule has 76 valence electrons. The topological polar surface area (TPSA) is 80.0 Å². The zero-order chi connectivity index (χ0) is 10.1. The first-order valence-electron chi connectivity index (χ1n) is 4.58. The van der Waals surface area contributed by atoms with Crippen molar-refractivity contribution in [1.29, 1.82) is 0 Å². The summed E-state index contributed by atoms with van der Waals surface area (Å²) in [7, 11) is 0. The molecule has 0 saturated carbocycles. The minimum atomic E-state index is -0.902. The fourth-order valence-corrected chi connectivity index (χ4v) is 1.52. The molecule has 0 amide bonds. The lowest BCUT2D eigenvalue weighted by Gasteiger charge is -2.20. The van der Waals surface area contributed by atoms with Gasteiger partial charge in [-0.2, -0.15) is 10.1 Å². The number of hydrogen-bond donors (Lipinski definition) is 2. The van der Waals surface area contributed by atoms with Gasteiger partial charge in [0.1, 0.15) is 6.42 Å². The van der Waals surface area contributed by atoms with Gasteiger partial charge < -0.3 is 10.4 Å². The highest BCUT2D eigenvalue weighted by Crippen LogP contribution is 2.20. The molecule has 6 heteroatoms. The number of carbonyl (C=O) groups is 1. The van der Waals surface area contributed by atoms with Crippen molar-refractivity contribution in [3.8, 4) is 0 Å². The fourth-order valence-electron chi connectivity index (χ4n) is 1.52. The van der Waals surface area contributed by atoms with Gasteiger partial charge in [0.15, 0.2) is 5.82 Å². The molecule has 1 unspecified atom stereocenters. The Morgan fingerprint density at radius 2 is 2.57 bits per heavy atom. The van der Waals surface area contributed by atoms with Crippen LogP contribution in [0.4, 0.5) is 5.95 Å². The van der Waals surface area contributed by atoms with E-state index >= 15 is 0 Å². The molecule has 1 aromatic heterocycles. The van der Waals surface area contributed by atoms with Crippen molar-refractivity contribution in [1.82, 2.24) is 14.8 Å². The molecule has 2 heterocycles. The van der Waals surface area contributed by atoms with E-state index in [9.17, 15) is 4.79 Å². The fraction of sp³-hybridized carbons (Fsp3) is 0.625. The van der Waals surface area contributed by atoms with Crippen LogP contribution in [0.5, 0.6) is 0 Å². The van der Waals surface area contributed by atoms with E-state index in [1.165, 1.54) is 0 Å². The summed E-state index contributed by atoms with van der Waals surface area (Å²) in [5.74, 6) is 0.148. The summed E-state index contributed by atoms with van der Waals surface area (Å²) < 4.78 is 1.75. The van der Waals surface area contributed by atoms with E-state index in [0.29, 0.717) is 17.8 Å². The molecule has 6 nitrogen and oxygen atoms in total. The number of anilines is 1. The second-order valence-electron chi connectivity index (χ2n) is 3.43. The lowest BCUT2D eigenvalue weighted by Crippen LogP contribution is -2.21. The number of carboxylic acids is 1. The smallest absolute Gasteiger partial charge is 0.311 e. The van der Waals surface area contributed by atoms with Gasteiger partial charge in [0.05, 0.1) is 6.04 Å². The van der Waals surface area contributed by atoms with E-state index < -0.39 is 5.97 Å². The van der Waals surface area contributed by atoms with E-state index in [0.717, 1.165) is 13.0 Å². The SMILES string of the molecule is CC1CCNc2nc(CC(=O)O)nn21. The molecule has 0 saturated heterocycles. The molecular weight excluding hydrogens is 184 g/mol. The number of fused-ring (bicyclic) bond motifs is 1. The largest absolute Gasteiger partial charge is 0.481 e. The van der Waals surface area contributed by atoms with Crippen LogP contribution in [0.15, 0.2) is 0 Å². The first-order chi connectivity index (χ1) is 6.66. The van der Waals surface area contributed by atoms with Crippen LogP contribution in [0.25, 0.3) is 0 Å². The second kappa shape index (κ2) is 3.28. The number of aliphatic carboxylic acids is 1. The molecule has 0 aliphatic carbocycles. The Morgan fingerprint density at radius 3 is 3.21 bits per heavy atom. The molecule has 0 radical (unpaired) electrons. The van der Waals surface area contributed by atoms with Crippen LogP contribution in [0, 0.1) is 0 Å². The Morgan fingerprint density at radius 1 is 1.79 bits per heavy atom. The Labute approximate surface area is 80.9 Å². The van der Waals surface area contributed by atoms with Crippen molar-refractivity contribution in [2.24, 2.45) is 0 Å². The van der Waals surface area contributed by atoms with E-state index in [4.69, 9.17) is 5.11 Å². The van der Waals surface area contributed by atoms with Crippen LogP contribution in [0.1, 0.15) is 25.2 Å². The standard InChI is InChI=1S/C8H12N4O2/c1-5-2-3-9-8-10-6(4-7(13)14)11-12(5)8/h5H,2-4H2,1H3,(H,13,14)(H,9,10,11).